The number of hydrogen-bond donors (Lipinski definition) is 0. The number of aryl methyl sites for hydroxylation is 2. The molecule has 1 aliphatic heterocycles. The van der Waals surface area contributed by atoms with Gasteiger partial charge in [-0.1, -0.05) is 24.3 Å². The maximum Gasteiger partial charge on any atom is 0.212 e. The van der Waals surface area contributed by atoms with Crippen molar-refractivity contribution in [2.75, 3.05) is 16.8 Å². The number of hydrogen-bond acceptors (Lipinski definition) is 2. The van der Waals surface area contributed by atoms with Crippen molar-refractivity contribution in [2.45, 2.75) is 26.9 Å². The van der Waals surface area contributed by atoms with Gasteiger partial charge >= 0.3 is 0 Å². The lowest BCUT2D eigenvalue weighted by molar-refractivity contribution is 0.733. The molecule has 3 heteroatoms. The Balaban J connectivity index is 2.26. The normalized spacial score (nSPS) is 16.8. The lowest BCUT2D eigenvalue weighted by Crippen LogP contribution is -2.35. The van der Waals surface area contributed by atoms with Crippen molar-refractivity contribution in [2.24, 2.45) is 0 Å². The molecule has 1 aliphatic rings. The molecule has 0 bridgehead atoms. The monoisotopic (exact) mass is 277 g/mol. The first-order valence-electron chi connectivity index (χ1n) is 7.14. The van der Waals surface area contributed by atoms with Crippen LogP contribution in [-0.4, -0.2) is 13.2 Å². The summed E-state index contributed by atoms with van der Waals surface area (Å²) in [5.41, 5.74) is 6.51. The molecule has 1 atom stereocenters. The van der Waals surface area contributed by atoms with Gasteiger partial charge < -0.3 is 9.80 Å². The predicted octanol–water partition coefficient (Wildman–Crippen LogP) is 4.79. The fourth-order valence-corrected chi connectivity index (χ4v) is 3.00. The van der Waals surface area contributed by atoms with Crippen LogP contribution in [0.4, 0.5) is 22.7 Å². The van der Waals surface area contributed by atoms with Crippen LogP contribution in [-0.2, 0) is 0 Å². The highest BCUT2D eigenvalue weighted by Gasteiger charge is 2.34. The van der Waals surface area contributed by atoms with Crippen LogP contribution < -0.4 is 9.80 Å². The Hall–Kier alpha value is -2.47. The summed E-state index contributed by atoms with van der Waals surface area (Å²) < 4.78 is 0. The quantitative estimate of drug-likeness (QED) is 0.694. The molecule has 2 aromatic rings. The van der Waals surface area contributed by atoms with E-state index in [4.69, 9.17) is 6.57 Å². The van der Waals surface area contributed by atoms with Gasteiger partial charge in [0.25, 0.3) is 0 Å². The van der Waals surface area contributed by atoms with Crippen molar-refractivity contribution < 1.29 is 0 Å². The molecule has 0 unspecified atom stereocenters. The second kappa shape index (κ2) is 4.82. The molecule has 0 aliphatic carbocycles. The first-order chi connectivity index (χ1) is 10.0. The smallest absolute Gasteiger partial charge is 0.212 e. The molecule has 1 heterocycles. The van der Waals surface area contributed by atoms with Crippen LogP contribution in [0.25, 0.3) is 4.85 Å². The van der Waals surface area contributed by atoms with E-state index in [1.54, 1.807) is 0 Å². The summed E-state index contributed by atoms with van der Waals surface area (Å²) in [6.45, 7) is 13.9. The SMILES string of the molecule is [C-]#[N+]c1cccc2c1N(c1cc(C)ccc1C)[C@@H](C)N2C. The van der Waals surface area contributed by atoms with Gasteiger partial charge in [0, 0.05) is 12.7 Å². The first kappa shape index (κ1) is 13.5. The van der Waals surface area contributed by atoms with E-state index in [2.05, 4.69) is 66.7 Å². The van der Waals surface area contributed by atoms with E-state index >= 15 is 0 Å². The molecular weight excluding hydrogens is 258 g/mol. The fourth-order valence-electron chi connectivity index (χ4n) is 3.00. The number of para-hydroxylation sites is 1. The standard InChI is InChI=1S/C18H19N3/c1-12-9-10-13(2)17(11-12)21-14(3)20(5)16-8-6-7-15(19-4)18(16)21/h6-11,14H,1-3,5H3/t14-/m0/s1. The molecule has 0 radical (unpaired) electrons. The highest BCUT2D eigenvalue weighted by molar-refractivity contribution is 5.93. The molecule has 2 aromatic carbocycles. The molecule has 0 saturated carbocycles. The summed E-state index contributed by atoms with van der Waals surface area (Å²) >= 11 is 0. The van der Waals surface area contributed by atoms with Gasteiger partial charge in [-0.3, -0.25) is 0 Å². The number of rotatable bonds is 1. The van der Waals surface area contributed by atoms with Crippen LogP contribution in [0.3, 0.4) is 0 Å². The lowest BCUT2D eigenvalue weighted by Gasteiger charge is -2.29. The van der Waals surface area contributed by atoms with E-state index in [0.29, 0.717) is 5.69 Å². The molecule has 21 heavy (non-hydrogen) atoms. The van der Waals surface area contributed by atoms with E-state index < -0.39 is 0 Å². The Morgan fingerprint density at radius 3 is 2.57 bits per heavy atom. The summed E-state index contributed by atoms with van der Waals surface area (Å²) in [5, 5.41) is 0. The Labute approximate surface area is 126 Å². The van der Waals surface area contributed by atoms with Crippen LogP contribution in [0.1, 0.15) is 18.1 Å². The number of benzene rings is 2. The molecule has 0 saturated heterocycles. The van der Waals surface area contributed by atoms with Crippen molar-refractivity contribution in [1.29, 1.82) is 0 Å². The maximum atomic E-state index is 7.47. The lowest BCUT2D eigenvalue weighted by atomic mass is 10.1. The van der Waals surface area contributed by atoms with Crippen molar-refractivity contribution in [3.63, 3.8) is 0 Å². The molecule has 0 N–H and O–H groups in total. The van der Waals surface area contributed by atoms with Crippen LogP contribution >= 0.6 is 0 Å². The average Bonchev–Trinajstić information content (AvgIpc) is 2.74. The van der Waals surface area contributed by atoms with Crippen molar-refractivity contribution in [3.05, 3.63) is 58.9 Å². The summed E-state index contributed by atoms with van der Waals surface area (Å²) in [7, 11) is 2.09. The van der Waals surface area contributed by atoms with E-state index in [-0.39, 0.29) is 6.17 Å². The zero-order valence-corrected chi connectivity index (χ0v) is 12.9. The second-order valence-corrected chi connectivity index (χ2v) is 5.66. The second-order valence-electron chi connectivity index (χ2n) is 5.66. The zero-order valence-electron chi connectivity index (χ0n) is 12.9. The maximum absolute atomic E-state index is 7.47. The van der Waals surface area contributed by atoms with Crippen LogP contribution in [0.2, 0.25) is 0 Å². The molecule has 0 fully saturated rings. The molecule has 0 spiro atoms. The van der Waals surface area contributed by atoms with Gasteiger partial charge in [-0.25, -0.2) is 4.85 Å². The van der Waals surface area contributed by atoms with Crippen molar-refractivity contribution in [1.82, 2.24) is 0 Å². The van der Waals surface area contributed by atoms with Crippen molar-refractivity contribution >= 4 is 22.7 Å². The minimum atomic E-state index is 0.198. The van der Waals surface area contributed by atoms with E-state index in [1.807, 2.05) is 12.1 Å². The molecule has 106 valence electrons. The topological polar surface area (TPSA) is 10.8 Å². The summed E-state index contributed by atoms with van der Waals surface area (Å²) in [4.78, 5) is 8.23. The Morgan fingerprint density at radius 2 is 1.86 bits per heavy atom. The summed E-state index contributed by atoms with van der Waals surface area (Å²) in [5.74, 6) is 0. The molecule has 3 rings (SSSR count). The highest BCUT2D eigenvalue weighted by Crippen LogP contribution is 2.49. The Kier molecular flexibility index (Phi) is 3.10. The van der Waals surface area contributed by atoms with Gasteiger partial charge in [0.15, 0.2) is 0 Å². The van der Waals surface area contributed by atoms with Crippen LogP contribution in [0.15, 0.2) is 36.4 Å². The van der Waals surface area contributed by atoms with E-state index in [9.17, 15) is 0 Å². The largest absolute Gasteiger partial charge is 0.354 e. The predicted molar refractivity (Wildman–Crippen MR) is 88.6 cm³/mol. The summed E-state index contributed by atoms with van der Waals surface area (Å²) in [6.07, 6.45) is 0.198. The molecule has 3 nitrogen and oxygen atoms in total. The zero-order chi connectivity index (χ0) is 15.1. The van der Waals surface area contributed by atoms with Gasteiger partial charge in [-0.2, -0.15) is 0 Å². The Bertz CT molecular complexity index is 743. The highest BCUT2D eigenvalue weighted by atomic mass is 15.4. The third kappa shape index (κ3) is 1.95. The third-order valence-electron chi connectivity index (χ3n) is 4.29. The fraction of sp³-hybridized carbons (Fsp3) is 0.278. The van der Waals surface area contributed by atoms with Crippen LogP contribution in [0, 0.1) is 20.4 Å². The first-order valence-corrected chi connectivity index (χ1v) is 7.14. The minimum Gasteiger partial charge on any atom is -0.354 e. The van der Waals surface area contributed by atoms with Crippen LogP contribution in [0.5, 0.6) is 0 Å². The van der Waals surface area contributed by atoms with E-state index in [0.717, 1.165) is 11.4 Å². The Morgan fingerprint density at radius 1 is 1.10 bits per heavy atom. The van der Waals surface area contributed by atoms with Gasteiger partial charge in [0.1, 0.15) is 6.17 Å². The molecular formula is C18H19N3. The van der Waals surface area contributed by atoms with Gasteiger partial charge in [-0.05, 0) is 44.0 Å². The van der Waals surface area contributed by atoms with E-state index in [1.165, 1.54) is 16.8 Å². The minimum absolute atomic E-state index is 0.198. The molecule has 0 aromatic heterocycles. The summed E-state index contributed by atoms with van der Waals surface area (Å²) in [6, 6.07) is 12.4. The van der Waals surface area contributed by atoms with Gasteiger partial charge in [-0.15, -0.1) is 0 Å². The van der Waals surface area contributed by atoms with Gasteiger partial charge in [0.05, 0.1) is 17.9 Å². The third-order valence-corrected chi connectivity index (χ3v) is 4.29. The molecule has 0 amide bonds. The van der Waals surface area contributed by atoms with Crippen molar-refractivity contribution in [3.8, 4) is 0 Å². The van der Waals surface area contributed by atoms with Gasteiger partial charge in [0.2, 0.25) is 5.69 Å². The number of fused-ring (bicyclic) bond motifs is 1. The number of nitrogens with zero attached hydrogens (tertiary/aromatic N) is 3. The average molecular weight is 277 g/mol. The number of anilines is 3.